The van der Waals surface area contributed by atoms with Crippen LogP contribution in [0, 0.1) is 6.92 Å². The van der Waals surface area contributed by atoms with E-state index in [-0.39, 0.29) is 48.4 Å². The largest absolute Gasteiger partial charge is 0.504 e. The molecule has 37 heavy (non-hydrogen) atoms. The molecule has 0 fully saturated rings. The van der Waals surface area contributed by atoms with Gasteiger partial charge in [-0.3, -0.25) is 14.4 Å². The first-order valence-corrected chi connectivity index (χ1v) is 11.6. The van der Waals surface area contributed by atoms with Gasteiger partial charge in [0.25, 0.3) is 5.91 Å². The van der Waals surface area contributed by atoms with Crippen LogP contribution in [0.5, 0.6) is 17.2 Å². The molecule has 2 heterocycles. The predicted octanol–water partition coefficient (Wildman–Crippen LogP) is 2.92. The lowest BCUT2D eigenvalue weighted by Crippen LogP contribution is -2.35. The lowest BCUT2D eigenvalue weighted by Gasteiger charge is -2.19. The summed E-state index contributed by atoms with van der Waals surface area (Å²) in [6.07, 6.45) is -0.177. The first-order chi connectivity index (χ1) is 17.8. The maximum Gasteiger partial charge on any atom is 0.267 e. The highest BCUT2D eigenvalue weighted by Crippen LogP contribution is 2.37. The van der Waals surface area contributed by atoms with E-state index in [2.05, 4.69) is 15.6 Å². The number of hydrogen-bond donors (Lipinski definition) is 5. The predicted molar refractivity (Wildman–Crippen MR) is 136 cm³/mol. The summed E-state index contributed by atoms with van der Waals surface area (Å²) >= 11 is 0. The molecule has 2 aromatic carbocycles. The Morgan fingerprint density at radius 2 is 1.81 bits per heavy atom. The number of phenols is 1. The number of aromatic nitrogens is 1. The number of phenolic OH excluding ortho intramolecular Hbond substituents is 1. The van der Waals surface area contributed by atoms with Crippen molar-refractivity contribution in [3.8, 4) is 17.2 Å². The fourth-order valence-electron chi connectivity index (χ4n) is 4.06. The van der Waals surface area contributed by atoms with Crippen molar-refractivity contribution in [2.24, 2.45) is 0 Å². The molecule has 2 aromatic heterocycles. The van der Waals surface area contributed by atoms with E-state index in [0.717, 1.165) is 17.0 Å². The van der Waals surface area contributed by atoms with Crippen molar-refractivity contribution >= 4 is 22.7 Å². The number of benzene rings is 2. The fraction of sp³-hybridized carbons (Fsp3) is 0.222. The fourth-order valence-corrected chi connectivity index (χ4v) is 4.06. The summed E-state index contributed by atoms with van der Waals surface area (Å²) in [5, 5.41) is 26.8. The Balaban J connectivity index is 1.44. The van der Waals surface area contributed by atoms with E-state index >= 15 is 0 Å². The minimum atomic E-state index is -0.844. The number of H-pyrrole nitrogens is 1. The van der Waals surface area contributed by atoms with Gasteiger partial charge >= 0.3 is 0 Å². The van der Waals surface area contributed by atoms with Crippen LogP contribution in [-0.4, -0.2) is 47.2 Å². The second kappa shape index (κ2) is 10.9. The zero-order chi connectivity index (χ0) is 26.5. The van der Waals surface area contributed by atoms with Crippen molar-refractivity contribution in [2.75, 3.05) is 20.2 Å². The van der Waals surface area contributed by atoms with Gasteiger partial charge in [0.15, 0.2) is 17.3 Å². The van der Waals surface area contributed by atoms with Gasteiger partial charge < -0.3 is 35.0 Å². The Hall–Kier alpha value is -4.73. The summed E-state index contributed by atoms with van der Waals surface area (Å²) < 4.78 is 10.8. The van der Waals surface area contributed by atoms with Crippen molar-refractivity contribution in [1.82, 2.24) is 15.6 Å². The zero-order valence-electron chi connectivity index (χ0n) is 20.3. The molecule has 192 valence electrons. The number of aryl methyl sites for hydroxylation is 1. The monoisotopic (exact) mass is 505 g/mol. The molecule has 0 radical (unpaired) electrons. The Labute approximate surface area is 211 Å². The Kier molecular flexibility index (Phi) is 7.47. The van der Waals surface area contributed by atoms with Crippen molar-refractivity contribution in [2.45, 2.75) is 19.3 Å². The SMILES string of the molecule is COc1cc([C@@H](CC(=O)NCCNC(=O)c2cc3ccccc3[nH]2)c2oc(C)cc(=O)c2O)ccc1O. The van der Waals surface area contributed by atoms with E-state index in [4.69, 9.17) is 9.15 Å². The van der Waals surface area contributed by atoms with Gasteiger partial charge in [-0.05, 0) is 36.8 Å². The van der Waals surface area contributed by atoms with Gasteiger partial charge in [-0.2, -0.15) is 0 Å². The summed E-state index contributed by atoms with van der Waals surface area (Å²) in [4.78, 5) is 40.5. The number of hydrogen-bond acceptors (Lipinski definition) is 7. The van der Waals surface area contributed by atoms with Gasteiger partial charge in [0, 0.05) is 36.5 Å². The number of fused-ring (bicyclic) bond motifs is 1. The molecule has 4 rings (SSSR count). The molecule has 0 aliphatic rings. The molecule has 4 aromatic rings. The maximum atomic E-state index is 12.8. The molecule has 0 aliphatic carbocycles. The van der Waals surface area contributed by atoms with Crippen molar-refractivity contribution < 1.29 is 29.0 Å². The Bertz CT molecular complexity index is 1470. The normalized spacial score (nSPS) is 11.7. The van der Waals surface area contributed by atoms with Crippen LogP contribution in [0.25, 0.3) is 10.9 Å². The molecular weight excluding hydrogens is 478 g/mol. The van der Waals surface area contributed by atoms with Crippen LogP contribution in [0.2, 0.25) is 0 Å². The van der Waals surface area contributed by atoms with Crippen LogP contribution in [0.3, 0.4) is 0 Å². The highest BCUT2D eigenvalue weighted by molar-refractivity contribution is 5.98. The number of ether oxygens (including phenoxy) is 1. The molecule has 0 bridgehead atoms. The molecular formula is C27H27N3O7. The number of aromatic hydroxyl groups is 2. The Morgan fingerprint density at radius 1 is 1.05 bits per heavy atom. The average molecular weight is 506 g/mol. The van der Waals surface area contributed by atoms with Crippen LogP contribution in [-0.2, 0) is 4.79 Å². The molecule has 10 heteroatoms. The standard InChI is InChI=1S/C27H27N3O7/c1-15-11-22(32)25(34)26(37-15)18(16-7-8-21(31)23(13-16)36-2)14-24(33)28-9-10-29-27(35)20-12-17-5-3-4-6-19(17)30-20/h3-8,11-13,18,30-31,34H,9-10,14H2,1-2H3,(H,28,33)(H,29,35)/t18-/m1/s1. The van der Waals surface area contributed by atoms with Crippen molar-refractivity contribution in [3.63, 3.8) is 0 Å². The van der Waals surface area contributed by atoms with Crippen molar-refractivity contribution in [3.05, 3.63) is 87.6 Å². The van der Waals surface area contributed by atoms with E-state index < -0.39 is 23.0 Å². The van der Waals surface area contributed by atoms with E-state index in [1.54, 1.807) is 19.1 Å². The third-order valence-corrected chi connectivity index (χ3v) is 5.89. The van der Waals surface area contributed by atoms with Gasteiger partial charge in [0.1, 0.15) is 11.5 Å². The highest BCUT2D eigenvalue weighted by atomic mass is 16.5. The van der Waals surface area contributed by atoms with Crippen LogP contribution < -0.4 is 20.8 Å². The molecule has 0 unspecified atom stereocenters. The van der Waals surface area contributed by atoms with Crippen LogP contribution in [0.4, 0.5) is 0 Å². The first kappa shape index (κ1) is 25.4. The quantitative estimate of drug-likeness (QED) is 0.219. The van der Waals surface area contributed by atoms with Crippen LogP contribution in [0.1, 0.15) is 39.9 Å². The van der Waals surface area contributed by atoms with Crippen molar-refractivity contribution in [1.29, 1.82) is 0 Å². The molecule has 0 spiro atoms. The number of para-hydroxylation sites is 1. The molecule has 1 atom stereocenters. The zero-order valence-corrected chi connectivity index (χ0v) is 20.3. The summed E-state index contributed by atoms with van der Waals surface area (Å²) in [6.45, 7) is 1.90. The minimum Gasteiger partial charge on any atom is -0.504 e. The van der Waals surface area contributed by atoms with Crippen LogP contribution >= 0.6 is 0 Å². The van der Waals surface area contributed by atoms with Gasteiger partial charge in [0.05, 0.1) is 13.0 Å². The lowest BCUT2D eigenvalue weighted by molar-refractivity contribution is -0.121. The maximum absolute atomic E-state index is 12.8. The number of methoxy groups -OCH3 is 1. The number of carbonyl (C=O) groups excluding carboxylic acids is 2. The topological polar surface area (TPSA) is 154 Å². The summed E-state index contributed by atoms with van der Waals surface area (Å²) in [5.41, 5.74) is 1.12. The molecule has 5 N–H and O–H groups in total. The molecule has 0 aliphatic heterocycles. The first-order valence-electron chi connectivity index (χ1n) is 11.6. The summed E-state index contributed by atoms with van der Waals surface area (Å²) in [5.74, 6) is -1.88. The van der Waals surface area contributed by atoms with Gasteiger partial charge in [-0.1, -0.05) is 24.3 Å². The minimum absolute atomic E-state index is 0.0694. The third kappa shape index (κ3) is 5.75. The molecule has 0 saturated carbocycles. The molecule has 2 amide bonds. The van der Waals surface area contributed by atoms with E-state index in [9.17, 15) is 24.6 Å². The molecule has 10 nitrogen and oxygen atoms in total. The van der Waals surface area contributed by atoms with Crippen LogP contribution in [0.15, 0.2) is 63.8 Å². The number of rotatable bonds is 9. The number of nitrogens with one attached hydrogen (secondary N) is 3. The number of aromatic amines is 1. The highest BCUT2D eigenvalue weighted by Gasteiger charge is 2.26. The number of carbonyl (C=O) groups is 2. The van der Waals surface area contributed by atoms with Gasteiger partial charge in [-0.25, -0.2) is 0 Å². The average Bonchev–Trinajstić information content (AvgIpc) is 3.32. The lowest BCUT2D eigenvalue weighted by atomic mass is 9.91. The van der Waals surface area contributed by atoms with Gasteiger partial charge in [-0.15, -0.1) is 0 Å². The summed E-state index contributed by atoms with van der Waals surface area (Å²) in [6, 6.07) is 14.9. The second-order valence-corrected chi connectivity index (χ2v) is 8.50. The smallest absolute Gasteiger partial charge is 0.267 e. The van der Waals surface area contributed by atoms with E-state index in [1.807, 2.05) is 24.3 Å². The molecule has 0 saturated heterocycles. The number of amides is 2. The van der Waals surface area contributed by atoms with Gasteiger partial charge in [0.2, 0.25) is 17.1 Å². The third-order valence-electron chi connectivity index (χ3n) is 5.89. The second-order valence-electron chi connectivity index (χ2n) is 8.50. The van der Waals surface area contributed by atoms with E-state index in [0.29, 0.717) is 11.3 Å². The summed E-state index contributed by atoms with van der Waals surface area (Å²) in [7, 11) is 1.38. The van der Waals surface area contributed by atoms with E-state index in [1.165, 1.54) is 19.2 Å². The Morgan fingerprint density at radius 3 is 2.57 bits per heavy atom.